The van der Waals surface area contributed by atoms with Crippen LogP contribution < -0.4 is 0 Å². The van der Waals surface area contributed by atoms with Gasteiger partial charge in [0, 0.05) is 6.61 Å². The van der Waals surface area contributed by atoms with Crippen LogP contribution in [0, 0.1) is 0 Å². The summed E-state index contributed by atoms with van der Waals surface area (Å²) in [5.74, 6) is -0.300. The molecule has 12 heavy (non-hydrogen) atoms. The Labute approximate surface area is 74.0 Å². The molecule has 0 aromatic heterocycles. The minimum Gasteiger partial charge on any atom is -0.467 e. The second-order valence-corrected chi connectivity index (χ2v) is 2.74. The molecule has 0 bridgehead atoms. The fraction of sp³-hybridized carbons (Fsp3) is 0.889. The van der Waals surface area contributed by atoms with Crippen molar-refractivity contribution in [2.75, 3.05) is 13.7 Å². The number of hydrogen-bond acceptors (Lipinski definition) is 3. The summed E-state index contributed by atoms with van der Waals surface area (Å²) in [4.78, 5) is 10.8. The van der Waals surface area contributed by atoms with Crippen LogP contribution in [0.5, 0.6) is 0 Å². The first-order valence-electron chi connectivity index (χ1n) is 4.41. The van der Waals surface area contributed by atoms with Crippen molar-refractivity contribution in [1.82, 2.24) is 0 Å². The van der Waals surface area contributed by atoms with Crippen molar-refractivity contribution in [3.05, 3.63) is 0 Å². The van der Waals surface area contributed by atoms with E-state index in [1.165, 1.54) is 7.11 Å². The van der Waals surface area contributed by atoms with E-state index < -0.39 is 6.10 Å². The molecular formula is C9H18O3. The number of rotatable bonds is 6. The van der Waals surface area contributed by atoms with Gasteiger partial charge in [-0.05, 0) is 13.3 Å². The number of methoxy groups -OCH3 is 1. The van der Waals surface area contributed by atoms with Gasteiger partial charge >= 0.3 is 5.97 Å². The van der Waals surface area contributed by atoms with E-state index in [-0.39, 0.29) is 5.97 Å². The van der Waals surface area contributed by atoms with Crippen molar-refractivity contribution >= 4 is 5.97 Å². The van der Waals surface area contributed by atoms with Gasteiger partial charge in [-0.1, -0.05) is 19.8 Å². The predicted molar refractivity (Wildman–Crippen MR) is 47.0 cm³/mol. The topological polar surface area (TPSA) is 35.5 Å². The van der Waals surface area contributed by atoms with Gasteiger partial charge in [0.2, 0.25) is 0 Å². The van der Waals surface area contributed by atoms with Gasteiger partial charge in [-0.3, -0.25) is 0 Å². The van der Waals surface area contributed by atoms with E-state index in [9.17, 15) is 4.79 Å². The van der Waals surface area contributed by atoms with Crippen LogP contribution in [0.15, 0.2) is 0 Å². The molecule has 1 atom stereocenters. The summed E-state index contributed by atoms with van der Waals surface area (Å²) in [6, 6.07) is 0. The van der Waals surface area contributed by atoms with E-state index in [1.807, 2.05) is 0 Å². The standard InChI is InChI=1S/C9H18O3/c1-4-5-6-7-12-8(2)9(10)11-3/h8H,4-7H2,1-3H3/t8-/m0/s1. The highest BCUT2D eigenvalue weighted by atomic mass is 16.6. The molecule has 0 aliphatic carbocycles. The second-order valence-electron chi connectivity index (χ2n) is 2.74. The van der Waals surface area contributed by atoms with Crippen molar-refractivity contribution in [2.24, 2.45) is 0 Å². The van der Waals surface area contributed by atoms with E-state index in [0.29, 0.717) is 6.61 Å². The third-order valence-corrected chi connectivity index (χ3v) is 1.65. The number of ether oxygens (including phenoxy) is 2. The lowest BCUT2D eigenvalue weighted by atomic mass is 10.3. The van der Waals surface area contributed by atoms with E-state index in [1.54, 1.807) is 6.92 Å². The first-order valence-corrected chi connectivity index (χ1v) is 4.41. The molecule has 0 amide bonds. The van der Waals surface area contributed by atoms with E-state index in [0.717, 1.165) is 19.3 Å². The van der Waals surface area contributed by atoms with Crippen molar-refractivity contribution in [3.63, 3.8) is 0 Å². The summed E-state index contributed by atoms with van der Waals surface area (Å²) in [6.45, 7) is 4.48. The lowest BCUT2D eigenvalue weighted by molar-refractivity contribution is -0.152. The summed E-state index contributed by atoms with van der Waals surface area (Å²) >= 11 is 0. The molecule has 72 valence electrons. The average molecular weight is 174 g/mol. The van der Waals surface area contributed by atoms with Crippen molar-refractivity contribution in [3.8, 4) is 0 Å². The number of hydrogen-bond donors (Lipinski definition) is 0. The summed E-state index contributed by atoms with van der Waals surface area (Å²) in [7, 11) is 1.37. The molecule has 0 radical (unpaired) electrons. The molecular weight excluding hydrogens is 156 g/mol. The van der Waals surface area contributed by atoms with Gasteiger partial charge < -0.3 is 9.47 Å². The molecule has 0 saturated heterocycles. The molecule has 0 spiro atoms. The van der Waals surface area contributed by atoms with Crippen LogP contribution >= 0.6 is 0 Å². The van der Waals surface area contributed by atoms with Gasteiger partial charge in [0.15, 0.2) is 6.10 Å². The van der Waals surface area contributed by atoms with Crippen molar-refractivity contribution in [1.29, 1.82) is 0 Å². The van der Waals surface area contributed by atoms with Crippen LogP contribution in [-0.2, 0) is 14.3 Å². The quantitative estimate of drug-likeness (QED) is 0.454. The van der Waals surface area contributed by atoms with Crippen LogP contribution in [-0.4, -0.2) is 25.8 Å². The largest absolute Gasteiger partial charge is 0.467 e. The summed E-state index contributed by atoms with van der Waals surface area (Å²) in [5, 5.41) is 0. The minimum absolute atomic E-state index is 0.300. The lowest BCUT2D eigenvalue weighted by Crippen LogP contribution is -2.22. The predicted octanol–water partition coefficient (Wildman–Crippen LogP) is 1.75. The molecule has 0 aromatic rings. The number of esters is 1. The maximum Gasteiger partial charge on any atom is 0.334 e. The molecule has 0 unspecified atom stereocenters. The minimum atomic E-state index is -0.424. The number of unbranched alkanes of at least 4 members (excludes halogenated alkanes) is 2. The Morgan fingerprint density at radius 1 is 1.42 bits per heavy atom. The monoisotopic (exact) mass is 174 g/mol. The summed E-state index contributed by atoms with van der Waals surface area (Å²) < 4.78 is 9.73. The molecule has 3 heteroatoms. The smallest absolute Gasteiger partial charge is 0.334 e. The van der Waals surface area contributed by atoms with Gasteiger partial charge in [-0.15, -0.1) is 0 Å². The first kappa shape index (κ1) is 11.4. The zero-order chi connectivity index (χ0) is 9.40. The van der Waals surface area contributed by atoms with E-state index in [2.05, 4.69) is 11.7 Å². The molecule has 0 aromatic carbocycles. The van der Waals surface area contributed by atoms with Crippen LogP contribution in [0.1, 0.15) is 33.1 Å². The van der Waals surface area contributed by atoms with Gasteiger partial charge in [-0.2, -0.15) is 0 Å². The van der Waals surface area contributed by atoms with Gasteiger partial charge in [0.05, 0.1) is 7.11 Å². The van der Waals surface area contributed by atoms with E-state index >= 15 is 0 Å². The third kappa shape index (κ3) is 5.13. The zero-order valence-corrected chi connectivity index (χ0v) is 8.13. The molecule has 0 aliphatic rings. The maximum absolute atomic E-state index is 10.8. The fourth-order valence-electron chi connectivity index (χ4n) is 0.846. The fourth-order valence-corrected chi connectivity index (χ4v) is 0.846. The Morgan fingerprint density at radius 3 is 2.58 bits per heavy atom. The molecule has 0 N–H and O–H groups in total. The third-order valence-electron chi connectivity index (χ3n) is 1.65. The van der Waals surface area contributed by atoms with Crippen molar-refractivity contribution in [2.45, 2.75) is 39.2 Å². The summed E-state index contributed by atoms with van der Waals surface area (Å²) in [6.07, 6.45) is 2.90. The van der Waals surface area contributed by atoms with Gasteiger partial charge in [0.25, 0.3) is 0 Å². The Morgan fingerprint density at radius 2 is 2.08 bits per heavy atom. The second kappa shape index (κ2) is 7.10. The number of carbonyl (C=O) groups excluding carboxylic acids is 1. The molecule has 0 aliphatic heterocycles. The van der Waals surface area contributed by atoms with Crippen LogP contribution in [0.4, 0.5) is 0 Å². The maximum atomic E-state index is 10.8. The highest BCUT2D eigenvalue weighted by Gasteiger charge is 2.11. The molecule has 3 nitrogen and oxygen atoms in total. The van der Waals surface area contributed by atoms with Crippen LogP contribution in [0.25, 0.3) is 0 Å². The Hall–Kier alpha value is -0.570. The van der Waals surface area contributed by atoms with Crippen LogP contribution in [0.3, 0.4) is 0 Å². The summed E-state index contributed by atoms with van der Waals surface area (Å²) in [5.41, 5.74) is 0. The molecule has 0 fully saturated rings. The highest BCUT2D eigenvalue weighted by Crippen LogP contribution is 1.98. The Kier molecular flexibility index (Phi) is 6.76. The molecule has 0 saturated carbocycles. The SMILES string of the molecule is CCCCCO[C@@H](C)C(=O)OC. The Balaban J connectivity index is 3.31. The van der Waals surface area contributed by atoms with Crippen molar-refractivity contribution < 1.29 is 14.3 Å². The van der Waals surface area contributed by atoms with Crippen LogP contribution in [0.2, 0.25) is 0 Å². The van der Waals surface area contributed by atoms with Gasteiger partial charge in [0.1, 0.15) is 0 Å². The zero-order valence-electron chi connectivity index (χ0n) is 8.13. The average Bonchev–Trinajstić information content (AvgIpc) is 2.10. The molecule has 0 heterocycles. The van der Waals surface area contributed by atoms with Gasteiger partial charge in [-0.25, -0.2) is 4.79 Å². The first-order chi connectivity index (χ1) is 5.72. The number of carbonyl (C=O) groups is 1. The Bertz CT molecular complexity index is 123. The molecule has 0 rings (SSSR count). The normalized spacial score (nSPS) is 12.6. The van der Waals surface area contributed by atoms with E-state index in [4.69, 9.17) is 4.74 Å². The highest BCUT2D eigenvalue weighted by molar-refractivity contribution is 5.73. The lowest BCUT2D eigenvalue weighted by Gasteiger charge is -2.09.